The van der Waals surface area contributed by atoms with Crippen molar-refractivity contribution in [3.63, 3.8) is 0 Å². The number of likely N-dealkylation sites (tertiary alicyclic amines) is 2. The maximum atomic E-state index is 13.4. The molecule has 2 aliphatic heterocycles. The van der Waals surface area contributed by atoms with Crippen LogP contribution in [-0.2, 0) is 4.79 Å². The molecule has 0 bridgehead atoms. The van der Waals surface area contributed by atoms with E-state index in [-0.39, 0.29) is 12.0 Å². The quantitative estimate of drug-likeness (QED) is 0.766. The van der Waals surface area contributed by atoms with E-state index in [1.54, 1.807) is 14.2 Å². The van der Waals surface area contributed by atoms with Gasteiger partial charge in [-0.3, -0.25) is 9.69 Å². The van der Waals surface area contributed by atoms with Crippen LogP contribution >= 0.6 is 0 Å². The number of methoxy groups -OCH3 is 2. The molecule has 0 spiro atoms. The number of amides is 1. The smallest absolute Gasteiger partial charge is 0.227 e. The molecule has 0 radical (unpaired) electrons. The summed E-state index contributed by atoms with van der Waals surface area (Å²) in [5.41, 5.74) is 1.11. The molecule has 2 heterocycles. The molecule has 1 amide bonds. The molecule has 28 heavy (non-hydrogen) atoms. The van der Waals surface area contributed by atoms with Crippen molar-refractivity contribution in [2.24, 2.45) is 5.92 Å². The van der Waals surface area contributed by atoms with Crippen molar-refractivity contribution in [2.75, 3.05) is 33.9 Å². The summed E-state index contributed by atoms with van der Waals surface area (Å²) < 4.78 is 11.0. The lowest BCUT2D eigenvalue weighted by atomic mass is 9.94. The number of nitrogens with zero attached hydrogens (tertiary/aromatic N) is 2. The topological polar surface area (TPSA) is 42.0 Å². The lowest BCUT2D eigenvalue weighted by molar-refractivity contribution is -0.136. The van der Waals surface area contributed by atoms with Gasteiger partial charge in [0, 0.05) is 30.8 Å². The highest BCUT2D eigenvalue weighted by atomic mass is 16.5. The molecule has 3 fully saturated rings. The summed E-state index contributed by atoms with van der Waals surface area (Å²) in [6.45, 7) is 2.90. The first kappa shape index (κ1) is 19.6. The zero-order valence-corrected chi connectivity index (χ0v) is 17.4. The summed E-state index contributed by atoms with van der Waals surface area (Å²) in [4.78, 5) is 18.1. The second-order valence-corrected chi connectivity index (χ2v) is 8.57. The highest BCUT2D eigenvalue weighted by molar-refractivity contribution is 5.80. The number of ether oxygens (including phenoxy) is 2. The molecule has 5 nitrogen and oxygen atoms in total. The Balaban J connectivity index is 1.45. The Labute approximate surface area is 169 Å². The third-order valence-electron chi connectivity index (χ3n) is 7.00. The second-order valence-electron chi connectivity index (χ2n) is 8.57. The van der Waals surface area contributed by atoms with E-state index in [1.807, 2.05) is 12.1 Å². The maximum absolute atomic E-state index is 13.4. The second kappa shape index (κ2) is 8.73. The van der Waals surface area contributed by atoms with E-state index < -0.39 is 0 Å². The Morgan fingerprint density at radius 2 is 1.79 bits per heavy atom. The molecule has 154 valence electrons. The van der Waals surface area contributed by atoms with Crippen LogP contribution in [0.5, 0.6) is 11.5 Å². The number of rotatable bonds is 5. The SMILES string of the molecule is COc1ccc([C@@H]2CCCN2C(=O)[C@H]2CCN(C3CCCCC3)C2)c(OC)c1. The van der Waals surface area contributed by atoms with Gasteiger partial charge in [-0.05, 0) is 50.8 Å². The number of hydrogen-bond acceptors (Lipinski definition) is 4. The Bertz CT molecular complexity index is 686. The molecular weight excluding hydrogens is 352 g/mol. The van der Waals surface area contributed by atoms with Crippen molar-refractivity contribution < 1.29 is 14.3 Å². The lowest BCUT2D eigenvalue weighted by Crippen LogP contribution is -2.39. The fraction of sp³-hybridized carbons (Fsp3) is 0.696. The van der Waals surface area contributed by atoms with Gasteiger partial charge >= 0.3 is 0 Å². The number of carbonyl (C=O) groups is 1. The minimum Gasteiger partial charge on any atom is -0.497 e. The van der Waals surface area contributed by atoms with Crippen LogP contribution in [0, 0.1) is 5.92 Å². The molecule has 0 aromatic heterocycles. The van der Waals surface area contributed by atoms with E-state index in [0.717, 1.165) is 56.0 Å². The molecule has 4 rings (SSSR count). The zero-order valence-electron chi connectivity index (χ0n) is 17.4. The zero-order chi connectivity index (χ0) is 19.5. The van der Waals surface area contributed by atoms with Crippen molar-refractivity contribution in [3.05, 3.63) is 23.8 Å². The van der Waals surface area contributed by atoms with Gasteiger partial charge in [0.25, 0.3) is 0 Å². The highest BCUT2D eigenvalue weighted by Crippen LogP contribution is 2.40. The molecule has 2 atom stereocenters. The molecule has 2 saturated heterocycles. The molecule has 1 saturated carbocycles. The fourth-order valence-electron chi connectivity index (χ4n) is 5.45. The predicted molar refractivity (Wildman–Crippen MR) is 110 cm³/mol. The summed E-state index contributed by atoms with van der Waals surface area (Å²) in [5, 5.41) is 0. The summed E-state index contributed by atoms with van der Waals surface area (Å²) in [5.74, 6) is 2.11. The van der Waals surface area contributed by atoms with Gasteiger partial charge in [-0.2, -0.15) is 0 Å². The third kappa shape index (κ3) is 3.86. The highest BCUT2D eigenvalue weighted by Gasteiger charge is 2.39. The lowest BCUT2D eigenvalue weighted by Gasteiger charge is -2.32. The Kier molecular flexibility index (Phi) is 6.10. The molecule has 0 N–H and O–H groups in total. The molecule has 3 aliphatic rings. The normalized spacial score (nSPS) is 26.6. The first-order valence-corrected chi connectivity index (χ1v) is 11.0. The van der Waals surface area contributed by atoms with Crippen LogP contribution in [0.15, 0.2) is 18.2 Å². The summed E-state index contributed by atoms with van der Waals surface area (Å²) in [7, 11) is 3.36. The van der Waals surface area contributed by atoms with Crippen LogP contribution in [0.3, 0.4) is 0 Å². The third-order valence-corrected chi connectivity index (χ3v) is 7.00. The van der Waals surface area contributed by atoms with Gasteiger partial charge in [-0.25, -0.2) is 0 Å². The summed E-state index contributed by atoms with van der Waals surface area (Å²) in [6, 6.07) is 6.80. The molecule has 1 aromatic rings. The summed E-state index contributed by atoms with van der Waals surface area (Å²) >= 11 is 0. The number of benzene rings is 1. The van der Waals surface area contributed by atoms with Gasteiger partial charge in [-0.1, -0.05) is 19.3 Å². The molecule has 1 aromatic carbocycles. The first-order valence-electron chi connectivity index (χ1n) is 11.0. The number of hydrogen-bond donors (Lipinski definition) is 0. The first-order chi connectivity index (χ1) is 13.7. The average Bonchev–Trinajstić information content (AvgIpc) is 3.43. The number of carbonyl (C=O) groups excluding carboxylic acids is 1. The van der Waals surface area contributed by atoms with Gasteiger partial charge in [0.05, 0.1) is 26.2 Å². The van der Waals surface area contributed by atoms with Crippen molar-refractivity contribution in [3.8, 4) is 11.5 Å². The van der Waals surface area contributed by atoms with Crippen LogP contribution in [0.2, 0.25) is 0 Å². The van der Waals surface area contributed by atoms with E-state index in [2.05, 4.69) is 15.9 Å². The maximum Gasteiger partial charge on any atom is 0.227 e. The van der Waals surface area contributed by atoms with Crippen LogP contribution in [-0.4, -0.2) is 55.6 Å². The van der Waals surface area contributed by atoms with Crippen molar-refractivity contribution in [1.82, 2.24) is 9.80 Å². The Hall–Kier alpha value is -1.75. The van der Waals surface area contributed by atoms with E-state index in [0.29, 0.717) is 11.9 Å². The molecule has 0 unspecified atom stereocenters. The molecule has 1 aliphatic carbocycles. The average molecular weight is 387 g/mol. The minimum atomic E-state index is 0.122. The van der Waals surface area contributed by atoms with Crippen LogP contribution < -0.4 is 9.47 Å². The van der Waals surface area contributed by atoms with Gasteiger partial charge < -0.3 is 14.4 Å². The molecule has 5 heteroatoms. The van der Waals surface area contributed by atoms with E-state index in [1.165, 1.54) is 32.1 Å². The van der Waals surface area contributed by atoms with E-state index in [4.69, 9.17) is 9.47 Å². The fourth-order valence-corrected chi connectivity index (χ4v) is 5.45. The monoisotopic (exact) mass is 386 g/mol. The Morgan fingerprint density at radius 1 is 0.964 bits per heavy atom. The van der Waals surface area contributed by atoms with Crippen molar-refractivity contribution >= 4 is 5.91 Å². The molecular formula is C23H34N2O3. The Morgan fingerprint density at radius 3 is 2.54 bits per heavy atom. The summed E-state index contributed by atoms with van der Waals surface area (Å²) in [6.07, 6.45) is 9.80. The van der Waals surface area contributed by atoms with Gasteiger partial charge in [0.2, 0.25) is 5.91 Å². The van der Waals surface area contributed by atoms with Crippen LogP contribution in [0.4, 0.5) is 0 Å². The standard InChI is InChI=1S/C23H34N2O3/c1-27-19-10-11-20(22(15-19)28-2)21-9-6-13-25(21)23(26)17-12-14-24(16-17)18-7-4-3-5-8-18/h10-11,15,17-18,21H,3-9,12-14,16H2,1-2H3/t17-,21-/m0/s1. The largest absolute Gasteiger partial charge is 0.497 e. The van der Waals surface area contributed by atoms with Crippen LogP contribution in [0.25, 0.3) is 0 Å². The van der Waals surface area contributed by atoms with E-state index in [9.17, 15) is 4.79 Å². The van der Waals surface area contributed by atoms with Gasteiger partial charge in [-0.15, -0.1) is 0 Å². The van der Waals surface area contributed by atoms with E-state index >= 15 is 0 Å². The van der Waals surface area contributed by atoms with Crippen molar-refractivity contribution in [1.29, 1.82) is 0 Å². The predicted octanol–water partition coefficient (Wildman–Crippen LogP) is 4.02. The van der Waals surface area contributed by atoms with Gasteiger partial charge in [0.15, 0.2) is 0 Å². The van der Waals surface area contributed by atoms with Crippen LogP contribution in [0.1, 0.15) is 63.0 Å². The van der Waals surface area contributed by atoms with Crippen molar-refractivity contribution in [2.45, 2.75) is 63.5 Å². The van der Waals surface area contributed by atoms with Gasteiger partial charge in [0.1, 0.15) is 11.5 Å². The minimum absolute atomic E-state index is 0.122.